The lowest BCUT2D eigenvalue weighted by molar-refractivity contribution is -0.124. The second-order valence-electron chi connectivity index (χ2n) is 3.49. The van der Waals surface area contributed by atoms with Gasteiger partial charge in [-0.3, -0.25) is 4.79 Å². The second kappa shape index (κ2) is 5.55. The molecule has 0 heterocycles. The first kappa shape index (κ1) is 12.6. The summed E-state index contributed by atoms with van der Waals surface area (Å²) in [5.41, 5.74) is 5.71. The van der Waals surface area contributed by atoms with E-state index in [1.54, 1.807) is 0 Å². The molecule has 3 nitrogen and oxygen atoms in total. The van der Waals surface area contributed by atoms with Gasteiger partial charge in [0.25, 0.3) is 0 Å². The lowest BCUT2D eigenvalue weighted by Crippen LogP contribution is -2.34. The summed E-state index contributed by atoms with van der Waals surface area (Å²) in [5, 5.41) is 2.45. The molecule has 0 aromatic heterocycles. The average molecular weight is 228 g/mol. The van der Waals surface area contributed by atoms with Gasteiger partial charge in [0.15, 0.2) is 0 Å². The van der Waals surface area contributed by atoms with Crippen LogP contribution in [0.2, 0.25) is 0 Å². The Bertz CT molecular complexity index is 382. The van der Waals surface area contributed by atoms with Crippen LogP contribution in [0.5, 0.6) is 0 Å². The van der Waals surface area contributed by atoms with Crippen LogP contribution in [0.1, 0.15) is 5.56 Å². The van der Waals surface area contributed by atoms with Crippen LogP contribution in [0.3, 0.4) is 0 Å². The molecule has 1 amide bonds. The number of carbonyl (C=O) groups is 1. The third-order valence-corrected chi connectivity index (χ3v) is 2.38. The Morgan fingerprint density at radius 2 is 2.19 bits per heavy atom. The predicted molar refractivity (Wildman–Crippen MR) is 56.7 cm³/mol. The van der Waals surface area contributed by atoms with Gasteiger partial charge in [0, 0.05) is 19.7 Å². The molecule has 1 unspecified atom stereocenters. The number of nitrogens with one attached hydrogen (secondary N) is 1. The van der Waals surface area contributed by atoms with Crippen molar-refractivity contribution < 1.29 is 13.6 Å². The largest absolute Gasteiger partial charge is 0.359 e. The lowest BCUT2D eigenvalue weighted by atomic mass is 9.98. The van der Waals surface area contributed by atoms with E-state index in [2.05, 4.69) is 5.32 Å². The summed E-state index contributed by atoms with van der Waals surface area (Å²) in [6.45, 7) is 0.122. The highest BCUT2D eigenvalue weighted by atomic mass is 19.1. The van der Waals surface area contributed by atoms with Crippen LogP contribution in [-0.4, -0.2) is 19.5 Å². The van der Waals surface area contributed by atoms with Gasteiger partial charge in [-0.05, 0) is 18.1 Å². The van der Waals surface area contributed by atoms with E-state index >= 15 is 0 Å². The van der Waals surface area contributed by atoms with E-state index in [0.717, 1.165) is 12.1 Å². The maximum Gasteiger partial charge on any atom is 0.224 e. The molecule has 0 radical (unpaired) electrons. The van der Waals surface area contributed by atoms with E-state index in [0.29, 0.717) is 5.56 Å². The Morgan fingerprint density at radius 1 is 1.50 bits per heavy atom. The van der Waals surface area contributed by atoms with Crippen molar-refractivity contribution in [3.63, 3.8) is 0 Å². The van der Waals surface area contributed by atoms with E-state index in [1.165, 1.54) is 13.1 Å². The molecule has 0 saturated carbocycles. The fourth-order valence-corrected chi connectivity index (χ4v) is 1.44. The van der Waals surface area contributed by atoms with Crippen molar-refractivity contribution in [2.45, 2.75) is 6.42 Å². The maximum atomic E-state index is 13.3. The standard InChI is InChI=1S/C11H14F2N2O/c1-15-11(16)8(6-14)4-7-2-3-9(12)5-10(7)13/h2-3,5,8H,4,6,14H2,1H3,(H,15,16). The molecule has 1 aromatic rings. The van der Waals surface area contributed by atoms with Crippen LogP contribution >= 0.6 is 0 Å². The lowest BCUT2D eigenvalue weighted by Gasteiger charge is -2.13. The van der Waals surface area contributed by atoms with Crippen molar-refractivity contribution in [2.24, 2.45) is 11.7 Å². The first-order valence-electron chi connectivity index (χ1n) is 4.94. The number of carbonyl (C=O) groups excluding carboxylic acids is 1. The minimum Gasteiger partial charge on any atom is -0.359 e. The van der Waals surface area contributed by atoms with Gasteiger partial charge in [-0.15, -0.1) is 0 Å². The maximum absolute atomic E-state index is 13.3. The average Bonchev–Trinajstić information content (AvgIpc) is 2.27. The molecular formula is C11H14F2N2O. The van der Waals surface area contributed by atoms with Crippen LogP contribution in [0, 0.1) is 17.6 Å². The molecule has 0 aliphatic rings. The SMILES string of the molecule is CNC(=O)C(CN)Cc1ccc(F)cc1F. The van der Waals surface area contributed by atoms with Gasteiger partial charge in [0.1, 0.15) is 11.6 Å². The molecule has 16 heavy (non-hydrogen) atoms. The predicted octanol–water partition coefficient (Wildman–Crippen LogP) is 0.828. The van der Waals surface area contributed by atoms with E-state index in [9.17, 15) is 13.6 Å². The fourth-order valence-electron chi connectivity index (χ4n) is 1.44. The van der Waals surface area contributed by atoms with Gasteiger partial charge in [-0.2, -0.15) is 0 Å². The fraction of sp³-hybridized carbons (Fsp3) is 0.364. The van der Waals surface area contributed by atoms with Gasteiger partial charge < -0.3 is 11.1 Å². The van der Waals surface area contributed by atoms with Gasteiger partial charge in [-0.1, -0.05) is 6.07 Å². The summed E-state index contributed by atoms with van der Waals surface area (Å²) < 4.78 is 25.9. The number of hydrogen-bond donors (Lipinski definition) is 2. The highest BCUT2D eigenvalue weighted by molar-refractivity contribution is 5.78. The van der Waals surface area contributed by atoms with Crippen molar-refractivity contribution in [3.8, 4) is 0 Å². The van der Waals surface area contributed by atoms with Crippen molar-refractivity contribution in [2.75, 3.05) is 13.6 Å². The molecule has 0 spiro atoms. The molecule has 1 rings (SSSR count). The van der Waals surface area contributed by atoms with Crippen molar-refractivity contribution >= 4 is 5.91 Å². The van der Waals surface area contributed by atoms with E-state index in [-0.39, 0.29) is 18.9 Å². The molecule has 1 atom stereocenters. The topological polar surface area (TPSA) is 55.1 Å². The number of amides is 1. The quantitative estimate of drug-likeness (QED) is 0.802. The molecule has 1 aromatic carbocycles. The minimum absolute atomic E-state index is 0.122. The molecule has 88 valence electrons. The zero-order valence-electron chi connectivity index (χ0n) is 8.97. The Morgan fingerprint density at radius 3 is 2.69 bits per heavy atom. The Kier molecular flexibility index (Phi) is 4.37. The zero-order valence-corrected chi connectivity index (χ0v) is 8.97. The number of benzene rings is 1. The first-order valence-corrected chi connectivity index (χ1v) is 4.94. The van der Waals surface area contributed by atoms with Crippen LogP contribution in [-0.2, 0) is 11.2 Å². The molecular weight excluding hydrogens is 214 g/mol. The van der Waals surface area contributed by atoms with E-state index in [4.69, 9.17) is 5.73 Å². The molecule has 0 saturated heterocycles. The number of nitrogens with two attached hydrogens (primary N) is 1. The molecule has 0 bridgehead atoms. The highest BCUT2D eigenvalue weighted by Gasteiger charge is 2.17. The summed E-state index contributed by atoms with van der Waals surface area (Å²) in [6, 6.07) is 3.29. The van der Waals surface area contributed by atoms with Crippen molar-refractivity contribution in [1.82, 2.24) is 5.32 Å². The second-order valence-corrected chi connectivity index (χ2v) is 3.49. The normalized spacial score (nSPS) is 12.2. The smallest absolute Gasteiger partial charge is 0.224 e. The van der Waals surface area contributed by atoms with Crippen LogP contribution in [0.15, 0.2) is 18.2 Å². The summed E-state index contributed by atoms with van der Waals surface area (Å²) in [7, 11) is 1.49. The van der Waals surface area contributed by atoms with Crippen molar-refractivity contribution in [1.29, 1.82) is 0 Å². The van der Waals surface area contributed by atoms with Crippen molar-refractivity contribution in [3.05, 3.63) is 35.4 Å². The molecule has 0 aliphatic heterocycles. The van der Waals surface area contributed by atoms with Gasteiger partial charge in [0.05, 0.1) is 5.92 Å². The Hall–Kier alpha value is -1.49. The third kappa shape index (κ3) is 3.00. The molecule has 5 heteroatoms. The number of rotatable bonds is 4. The van der Waals surface area contributed by atoms with Gasteiger partial charge in [-0.25, -0.2) is 8.78 Å². The highest BCUT2D eigenvalue weighted by Crippen LogP contribution is 2.14. The zero-order chi connectivity index (χ0) is 12.1. The van der Waals surface area contributed by atoms with Crippen LogP contribution in [0.25, 0.3) is 0 Å². The Labute approximate surface area is 92.6 Å². The molecule has 0 aliphatic carbocycles. The van der Waals surface area contributed by atoms with Crippen LogP contribution in [0.4, 0.5) is 8.78 Å². The van der Waals surface area contributed by atoms with Crippen LogP contribution < -0.4 is 11.1 Å². The summed E-state index contributed by atoms with van der Waals surface area (Å²) >= 11 is 0. The Balaban J connectivity index is 2.82. The summed E-state index contributed by atoms with van der Waals surface area (Å²) in [5.74, 6) is -2.02. The summed E-state index contributed by atoms with van der Waals surface area (Å²) in [4.78, 5) is 11.3. The number of hydrogen-bond acceptors (Lipinski definition) is 2. The number of halogens is 2. The third-order valence-electron chi connectivity index (χ3n) is 2.38. The minimum atomic E-state index is -0.651. The van der Waals surface area contributed by atoms with Gasteiger partial charge in [0.2, 0.25) is 5.91 Å². The first-order chi connectivity index (χ1) is 7.58. The van der Waals surface area contributed by atoms with Gasteiger partial charge >= 0.3 is 0 Å². The molecule has 3 N–H and O–H groups in total. The van der Waals surface area contributed by atoms with E-state index < -0.39 is 17.6 Å². The monoisotopic (exact) mass is 228 g/mol. The molecule has 0 fully saturated rings. The summed E-state index contributed by atoms with van der Waals surface area (Å²) in [6.07, 6.45) is 0.169. The van der Waals surface area contributed by atoms with E-state index in [1.807, 2.05) is 0 Å².